The maximum Gasteiger partial charge on any atom is 0.267 e. The molecule has 0 spiro atoms. The quantitative estimate of drug-likeness (QED) is 0.527. The van der Waals surface area contributed by atoms with Gasteiger partial charge in [-0.25, -0.2) is 0 Å². The number of ether oxygens (including phenoxy) is 1. The third kappa shape index (κ3) is 4.68. The van der Waals surface area contributed by atoms with Gasteiger partial charge in [-0.2, -0.15) is 0 Å². The summed E-state index contributed by atoms with van der Waals surface area (Å²) in [7, 11) is 1.67. The van der Waals surface area contributed by atoms with Crippen molar-refractivity contribution in [2.45, 2.75) is 38.6 Å². The molecule has 2 heterocycles. The number of nitrogens with one attached hydrogen (secondary N) is 2. The van der Waals surface area contributed by atoms with Crippen molar-refractivity contribution in [3.8, 4) is 16.9 Å². The van der Waals surface area contributed by atoms with Gasteiger partial charge < -0.3 is 19.9 Å². The van der Waals surface area contributed by atoms with Crippen molar-refractivity contribution >= 4 is 16.8 Å². The predicted octanol–water partition coefficient (Wildman–Crippen LogP) is 4.84. The molecule has 1 aromatic heterocycles. The molecule has 1 fully saturated rings. The van der Waals surface area contributed by atoms with E-state index in [0.29, 0.717) is 5.69 Å². The second-order valence-electron chi connectivity index (χ2n) is 8.18. The fourth-order valence-corrected chi connectivity index (χ4v) is 4.21. The van der Waals surface area contributed by atoms with Gasteiger partial charge in [0, 0.05) is 30.0 Å². The summed E-state index contributed by atoms with van der Waals surface area (Å²) in [6.45, 7) is 5.40. The average Bonchev–Trinajstić information content (AvgIpc) is 3.40. The van der Waals surface area contributed by atoms with Crippen molar-refractivity contribution in [1.82, 2.24) is 15.2 Å². The Morgan fingerprint density at radius 1 is 1.13 bits per heavy atom. The Balaban J connectivity index is 1.41. The molecule has 1 unspecified atom stereocenters. The van der Waals surface area contributed by atoms with Crippen LogP contribution in [0.25, 0.3) is 22.0 Å². The lowest BCUT2D eigenvalue weighted by molar-refractivity contribution is 0.0933. The van der Waals surface area contributed by atoms with E-state index in [9.17, 15) is 4.79 Å². The van der Waals surface area contributed by atoms with E-state index >= 15 is 0 Å². The first kappa shape index (κ1) is 20.5. The van der Waals surface area contributed by atoms with E-state index in [1.807, 2.05) is 30.3 Å². The molecule has 0 radical (unpaired) electrons. The maximum absolute atomic E-state index is 12.8. The first-order valence-corrected chi connectivity index (χ1v) is 11.0. The van der Waals surface area contributed by atoms with E-state index in [2.05, 4.69) is 40.3 Å². The van der Waals surface area contributed by atoms with Crippen molar-refractivity contribution in [2.24, 2.45) is 0 Å². The number of unbranched alkanes of at least 4 members (excludes halogenated alkanes) is 2. The molecule has 0 saturated carbocycles. The first-order chi connectivity index (χ1) is 14.7. The molecular weight excluding hydrogens is 374 g/mol. The van der Waals surface area contributed by atoms with E-state index in [-0.39, 0.29) is 11.9 Å². The van der Waals surface area contributed by atoms with Gasteiger partial charge in [0.25, 0.3) is 5.91 Å². The van der Waals surface area contributed by atoms with Crippen LogP contribution in [0.4, 0.5) is 0 Å². The number of hydrogen-bond acceptors (Lipinski definition) is 3. The number of nitrogens with zero attached hydrogens (tertiary/aromatic N) is 1. The minimum Gasteiger partial charge on any atom is -0.497 e. The largest absolute Gasteiger partial charge is 0.497 e. The number of aromatic nitrogens is 1. The van der Waals surface area contributed by atoms with Crippen LogP contribution in [0.1, 0.15) is 43.1 Å². The van der Waals surface area contributed by atoms with E-state index in [1.54, 1.807) is 7.11 Å². The Morgan fingerprint density at radius 2 is 1.93 bits per heavy atom. The summed E-state index contributed by atoms with van der Waals surface area (Å²) in [6.07, 6.45) is 4.80. The number of methoxy groups -OCH3 is 1. The monoisotopic (exact) mass is 405 g/mol. The molecule has 1 saturated heterocycles. The van der Waals surface area contributed by atoms with Crippen LogP contribution in [0.2, 0.25) is 0 Å². The number of rotatable bonds is 8. The van der Waals surface area contributed by atoms with Gasteiger partial charge in [-0.15, -0.1) is 0 Å². The predicted molar refractivity (Wildman–Crippen MR) is 122 cm³/mol. The lowest BCUT2D eigenvalue weighted by Gasteiger charge is -2.16. The van der Waals surface area contributed by atoms with Gasteiger partial charge in [0.05, 0.1) is 7.11 Å². The topological polar surface area (TPSA) is 57.4 Å². The molecule has 0 aliphatic carbocycles. The molecule has 158 valence electrons. The van der Waals surface area contributed by atoms with Crippen LogP contribution in [0.5, 0.6) is 5.75 Å². The van der Waals surface area contributed by atoms with Crippen LogP contribution in [-0.4, -0.2) is 48.6 Å². The molecule has 5 nitrogen and oxygen atoms in total. The van der Waals surface area contributed by atoms with Crippen LogP contribution < -0.4 is 10.1 Å². The summed E-state index contributed by atoms with van der Waals surface area (Å²) in [5.41, 5.74) is 3.83. The molecule has 2 aromatic carbocycles. The highest BCUT2D eigenvalue weighted by atomic mass is 16.5. The van der Waals surface area contributed by atoms with Gasteiger partial charge in [-0.3, -0.25) is 4.79 Å². The Kier molecular flexibility index (Phi) is 6.38. The summed E-state index contributed by atoms with van der Waals surface area (Å²) < 4.78 is 5.24. The summed E-state index contributed by atoms with van der Waals surface area (Å²) in [5, 5.41) is 4.26. The number of benzene rings is 2. The molecule has 1 amide bonds. The van der Waals surface area contributed by atoms with Crippen LogP contribution in [0, 0.1) is 0 Å². The van der Waals surface area contributed by atoms with Crippen LogP contribution in [0.15, 0.2) is 48.5 Å². The standard InChI is InChI=1S/C25H31N3O2/c1-3-4-5-13-28-14-12-21(17-28)26-25(29)24-16-20-7-6-19(15-23(20)27-24)18-8-10-22(30-2)11-9-18/h6-11,15-16,21,27H,3-5,12-14,17H2,1-2H3,(H,26,29). The van der Waals surface area contributed by atoms with E-state index in [0.717, 1.165) is 53.8 Å². The smallest absolute Gasteiger partial charge is 0.267 e. The Labute approximate surface area is 178 Å². The Bertz CT molecular complexity index is 993. The molecule has 0 bridgehead atoms. The number of amides is 1. The number of carbonyl (C=O) groups is 1. The zero-order chi connectivity index (χ0) is 20.9. The second kappa shape index (κ2) is 9.35. The summed E-state index contributed by atoms with van der Waals surface area (Å²) in [4.78, 5) is 18.6. The van der Waals surface area contributed by atoms with Crippen molar-refractivity contribution in [1.29, 1.82) is 0 Å². The Morgan fingerprint density at radius 3 is 2.70 bits per heavy atom. The lowest BCUT2D eigenvalue weighted by Crippen LogP contribution is -2.37. The minimum absolute atomic E-state index is 0.0161. The summed E-state index contributed by atoms with van der Waals surface area (Å²) in [6, 6.07) is 16.4. The number of H-pyrrole nitrogens is 1. The van der Waals surface area contributed by atoms with Crippen LogP contribution in [-0.2, 0) is 0 Å². The zero-order valence-corrected chi connectivity index (χ0v) is 17.9. The maximum atomic E-state index is 12.8. The second-order valence-corrected chi connectivity index (χ2v) is 8.18. The highest BCUT2D eigenvalue weighted by molar-refractivity contribution is 5.99. The third-order valence-corrected chi connectivity index (χ3v) is 5.98. The van der Waals surface area contributed by atoms with Gasteiger partial charge in [0.15, 0.2) is 0 Å². The van der Waals surface area contributed by atoms with Gasteiger partial charge in [-0.1, -0.05) is 44.0 Å². The first-order valence-electron chi connectivity index (χ1n) is 11.0. The highest BCUT2D eigenvalue weighted by Gasteiger charge is 2.24. The number of carbonyl (C=O) groups excluding carboxylic acids is 1. The average molecular weight is 406 g/mol. The number of likely N-dealkylation sites (tertiary alicyclic amines) is 1. The molecule has 1 aliphatic heterocycles. The van der Waals surface area contributed by atoms with Crippen molar-refractivity contribution in [3.05, 3.63) is 54.2 Å². The lowest BCUT2D eigenvalue weighted by atomic mass is 10.0. The van der Waals surface area contributed by atoms with E-state index in [4.69, 9.17) is 4.74 Å². The van der Waals surface area contributed by atoms with Gasteiger partial charge in [-0.05, 0) is 54.8 Å². The zero-order valence-electron chi connectivity index (χ0n) is 17.9. The summed E-state index contributed by atoms with van der Waals surface area (Å²) >= 11 is 0. The number of aromatic amines is 1. The molecule has 2 N–H and O–H groups in total. The summed E-state index contributed by atoms with van der Waals surface area (Å²) in [5.74, 6) is 0.826. The highest BCUT2D eigenvalue weighted by Crippen LogP contribution is 2.26. The van der Waals surface area contributed by atoms with Crippen LogP contribution in [0.3, 0.4) is 0 Å². The minimum atomic E-state index is -0.0161. The van der Waals surface area contributed by atoms with Gasteiger partial charge >= 0.3 is 0 Å². The molecular formula is C25H31N3O2. The van der Waals surface area contributed by atoms with Crippen molar-refractivity contribution in [3.63, 3.8) is 0 Å². The molecule has 5 heteroatoms. The molecule has 1 aliphatic rings. The fourth-order valence-electron chi connectivity index (χ4n) is 4.21. The van der Waals surface area contributed by atoms with Gasteiger partial charge in [0.1, 0.15) is 11.4 Å². The molecule has 3 aromatic rings. The van der Waals surface area contributed by atoms with Crippen molar-refractivity contribution < 1.29 is 9.53 Å². The van der Waals surface area contributed by atoms with Crippen LogP contribution >= 0.6 is 0 Å². The fraction of sp³-hybridized carbons (Fsp3) is 0.400. The van der Waals surface area contributed by atoms with Gasteiger partial charge in [0.2, 0.25) is 0 Å². The van der Waals surface area contributed by atoms with Crippen molar-refractivity contribution in [2.75, 3.05) is 26.7 Å². The molecule has 1 atom stereocenters. The van der Waals surface area contributed by atoms with E-state index in [1.165, 1.54) is 19.3 Å². The number of hydrogen-bond donors (Lipinski definition) is 2. The molecule has 4 rings (SSSR count). The number of fused-ring (bicyclic) bond motifs is 1. The normalized spacial score (nSPS) is 16.8. The van der Waals surface area contributed by atoms with E-state index < -0.39 is 0 Å². The molecule has 30 heavy (non-hydrogen) atoms. The Hall–Kier alpha value is -2.79. The SMILES string of the molecule is CCCCCN1CCC(NC(=O)c2cc3ccc(-c4ccc(OC)cc4)cc3[nH]2)C1. The third-order valence-electron chi connectivity index (χ3n) is 5.98.